The summed E-state index contributed by atoms with van der Waals surface area (Å²) in [5.41, 5.74) is -0.359. The van der Waals surface area contributed by atoms with Crippen LogP contribution in [0.2, 0.25) is 0 Å². The Balaban J connectivity index is 2.09. The minimum Gasteiger partial charge on any atom is -0.497 e. The van der Waals surface area contributed by atoms with E-state index in [-0.39, 0.29) is 5.56 Å². The van der Waals surface area contributed by atoms with Gasteiger partial charge in [0.2, 0.25) is 0 Å². The summed E-state index contributed by atoms with van der Waals surface area (Å²) >= 11 is 0. The lowest BCUT2D eigenvalue weighted by molar-refractivity contribution is -0.137. The normalized spacial score (nSPS) is 11.6. The predicted molar refractivity (Wildman–Crippen MR) is 73.3 cm³/mol. The van der Waals surface area contributed by atoms with E-state index in [1.54, 1.807) is 24.3 Å². The molecular formula is C15H11F3N2O2. The second kappa shape index (κ2) is 6.38. The van der Waals surface area contributed by atoms with E-state index in [9.17, 15) is 18.0 Å². The van der Waals surface area contributed by atoms with E-state index in [0.717, 1.165) is 24.3 Å². The highest BCUT2D eigenvalue weighted by Gasteiger charge is 2.30. The second-order valence-electron chi connectivity index (χ2n) is 4.28. The summed E-state index contributed by atoms with van der Waals surface area (Å²) < 4.78 is 42.2. The van der Waals surface area contributed by atoms with Crippen LogP contribution in [0.4, 0.5) is 18.9 Å². The SMILES string of the molecule is COc1ccc(N=NC(=O)c2ccc(C(F)(F)F)cc2)cc1. The minimum atomic E-state index is -4.44. The van der Waals surface area contributed by atoms with Crippen molar-refractivity contribution in [2.45, 2.75) is 6.18 Å². The van der Waals surface area contributed by atoms with Gasteiger partial charge in [-0.2, -0.15) is 13.2 Å². The Kier molecular flexibility index (Phi) is 4.55. The number of hydrogen-bond acceptors (Lipinski definition) is 3. The molecule has 0 saturated carbocycles. The molecule has 0 spiro atoms. The van der Waals surface area contributed by atoms with Gasteiger partial charge in [-0.15, -0.1) is 10.2 Å². The van der Waals surface area contributed by atoms with Gasteiger partial charge in [0.1, 0.15) is 5.75 Å². The van der Waals surface area contributed by atoms with E-state index in [1.807, 2.05) is 0 Å². The van der Waals surface area contributed by atoms with Crippen molar-refractivity contribution in [1.29, 1.82) is 0 Å². The number of carbonyl (C=O) groups excluding carboxylic acids is 1. The second-order valence-corrected chi connectivity index (χ2v) is 4.28. The average Bonchev–Trinajstić information content (AvgIpc) is 2.52. The van der Waals surface area contributed by atoms with Crippen molar-refractivity contribution in [3.8, 4) is 5.75 Å². The molecule has 1 amide bonds. The van der Waals surface area contributed by atoms with Crippen molar-refractivity contribution >= 4 is 11.6 Å². The van der Waals surface area contributed by atoms with Gasteiger partial charge in [0.05, 0.1) is 18.4 Å². The molecule has 0 unspecified atom stereocenters. The van der Waals surface area contributed by atoms with Crippen molar-refractivity contribution < 1.29 is 22.7 Å². The van der Waals surface area contributed by atoms with Gasteiger partial charge in [0.25, 0.3) is 5.91 Å². The van der Waals surface area contributed by atoms with Crippen LogP contribution < -0.4 is 4.74 Å². The highest BCUT2D eigenvalue weighted by Crippen LogP contribution is 2.29. The molecule has 0 aliphatic heterocycles. The third kappa shape index (κ3) is 3.91. The van der Waals surface area contributed by atoms with Gasteiger partial charge in [0, 0.05) is 5.56 Å². The van der Waals surface area contributed by atoms with E-state index in [4.69, 9.17) is 4.74 Å². The summed E-state index contributed by atoms with van der Waals surface area (Å²) in [7, 11) is 1.52. The van der Waals surface area contributed by atoms with Crippen molar-refractivity contribution in [3.63, 3.8) is 0 Å². The van der Waals surface area contributed by atoms with Crippen LogP contribution in [-0.2, 0) is 6.18 Å². The maximum atomic E-state index is 12.4. The number of azo groups is 1. The molecule has 2 aromatic rings. The first-order valence-corrected chi connectivity index (χ1v) is 6.17. The number of amides is 1. The average molecular weight is 308 g/mol. The number of halogens is 3. The number of methoxy groups -OCH3 is 1. The summed E-state index contributed by atoms with van der Waals surface area (Å²) in [6.45, 7) is 0. The summed E-state index contributed by atoms with van der Waals surface area (Å²) in [5.74, 6) is -0.0856. The van der Waals surface area contributed by atoms with E-state index < -0.39 is 17.6 Å². The fraction of sp³-hybridized carbons (Fsp3) is 0.133. The maximum absolute atomic E-state index is 12.4. The largest absolute Gasteiger partial charge is 0.497 e. The quantitative estimate of drug-likeness (QED) is 0.776. The van der Waals surface area contributed by atoms with Gasteiger partial charge in [-0.1, -0.05) is 0 Å². The molecule has 0 aliphatic rings. The first-order valence-electron chi connectivity index (χ1n) is 6.17. The van der Waals surface area contributed by atoms with Crippen molar-refractivity contribution in [3.05, 3.63) is 59.7 Å². The number of ether oxygens (including phenoxy) is 1. The Morgan fingerprint density at radius 2 is 1.59 bits per heavy atom. The van der Waals surface area contributed by atoms with Crippen LogP contribution in [-0.4, -0.2) is 13.0 Å². The Morgan fingerprint density at radius 3 is 2.09 bits per heavy atom. The van der Waals surface area contributed by atoms with Crippen molar-refractivity contribution in [2.75, 3.05) is 7.11 Å². The first-order chi connectivity index (χ1) is 10.4. The Hall–Kier alpha value is -2.70. The lowest BCUT2D eigenvalue weighted by atomic mass is 10.1. The predicted octanol–water partition coefficient (Wildman–Crippen LogP) is 4.64. The molecule has 0 aromatic heterocycles. The molecule has 0 atom stereocenters. The smallest absolute Gasteiger partial charge is 0.416 e. The fourth-order valence-electron chi connectivity index (χ4n) is 1.61. The third-order valence-electron chi connectivity index (χ3n) is 2.79. The van der Waals surface area contributed by atoms with Crippen LogP contribution in [0, 0.1) is 0 Å². The molecule has 114 valence electrons. The highest BCUT2D eigenvalue weighted by molar-refractivity contribution is 5.94. The highest BCUT2D eigenvalue weighted by atomic mass is 19.4. The lowest BCUT2D eigenvalue weighted by Gasteiger charge is -2.05. The van der Waals surface area contributed by atoms with Crippen LogP contribution in [0.1, 0.15) is 15.9 Å². The standard InChI is InChI=1S/C15H11F3N2O2/c1-22-13-8-6-12(7-9-13)19-20-14(21)10-2-4-11(5-3-10)15(16,17)18/h2-9H,1H3. The van der Waals surface area contributed by atoms with Crippen LogP contribution in [0.3, 0.4) is 0 Å². The molecule has 2 rings (SSSR count). The van der Waals surface area contributed by atoms with Gasteiger partial charge >= 0.3 is 6.18 Å². The van der Waals surface area contributed by atoms with Gasteiger partial charge in [-0.3, -0.25) is 4.79 Å². The lowest BCUT2D eigenvalue weighted by Crippen LogP contribution is -2.05. The number of hydrogen-bond donors (Lipinski definition) is 0. The van der Waals surface area contributed by atoms with Crippen molar-refractivity contribution in [2.24, 2.45) is 10.2 Å². The zero-order valence-corrected chi connectivity index (χ0v) is 11.5. The van der Waals surface area contributed by atoms with Gasteiger partial charge in [-0.25, -0.2) is 0 Å². The summed E-state index contributed by atoms with van der Waals surface area (Å²) in [6.07, 6.45) is -4.44. The summed E-state index contributed by atoms with van der Waals surface area (Å²) in [6, 6.07) is 10.3. The molecule has 0 bridgehead atoms. The van der Waals surface area contributed by atoms with Gasteiger partial charge < -0.3 is 4.74 Å². The van der Waals surface area contributed by atoms with Crippen LogP contribution in [0.5, 0.6) is 5.75 Å². The number of rotatable bonds is 3. The van der Waals surface area contributed by atoms with E-state index in [1.165, 1.54) is 7.11 Å². The van der Waals surface area contributed by atoms with Crippen LogP contribution in [0.25, 0.3) is 0 Å². The number of benzene rings is 2. The number of carbonyl (C=O) groups is 1. The van der Waals surface area contributed by atoms with Crippen LogP contribution in [0.15, 0.2) is 58.8 Å². The molecule has 0 aliphatic carbocycles. The first kappa shape index (κ1) is 15.7. The van der Waals surface area contributed by atoms with E-state index in [2.05, 4.69) is 10.2 Å². The zero-order chi connectivity index (χ0) is 16.2. The molecule has 22 heavy (non-hydrogen) atoms. The summed E-state index contributed by atoms with van der Waals surface area (Å²) in [5, 5.41) is 7.20. The molecule has 0 fully saturated rings. The maximum Gasteiger partial charge on any atom is 0.416 e. The molecule has 4 nitrogen and oxygen atoms in total. The zero-order valence-electron chi connectivity index (χ0n) is 11.5. The topological polar surface area (TPSA) is 51.0 Å². The summed E-state index contributed by atoms with van der Waals surface area (Å²) in [4.78, 5) is 11.7. The molecule has 0 heterocycles. The monoisotopic (exact) mass is 308 g/mol. The van der Waals surface area contributed by atoms with E-state index in [0.29, 0.717) is 11.4 Å². The number of alkyl halides is 3. The van der Waals surface area contributed by atoms with Gasteiger partial charge in [-0.05, 0) is 48.5 Å². The van der Waals surface area contributed by atoms with Crippen molar-refractivity contribution in [1.82, 2.24) is 0 Å². The number of nitrogens with zero attached hydrogens (tertiary/aromatic N) is 2. The van der Waals surface area contributed by atoms with E-state index >= 15 is 0 Å². The fourth-order valence-corrected chi connectivity index (χ4v) is 1.61. The molecular weight excluding hydrogens is 297 g/mol. The Labute approximate surface area is 124 Å². The van der Waals surface area contributed by atoms with Crippen LogP contribution >= 0.6 is 0 Å². The molecule has 2 aromatic carbocycles. The molecule has 0 saturated heterocycles. The Bertz CT molecular complexity index is 677. The van der Waals surface area contributed by atoms with Gasteiger partial charge in [0.15, 0.2) is 0 Å². The Morgan fingerprint density at radius 1 is 1.00 bits per heavy atom. The molecule has 0 N–H and O–H groups in total. The molecule has 7 heteroatoms. The molecule has 0 radical (unpaired) electrons. The minimum absolute atomic E-state index is 0.0326. The third-order valence-corrected chi connectivity index (χ3v) is 2.79.